The first-order chi connectivity index (χ1) is 15.8. The van der Waals surface area contributed by atoms with E-state index in [2.05, 4.69) is 32.9 Å². The molecule has 3 aromatic rings. The molecule has 0 spiro atoms. The highest BCUT2D eigenvalue weighted by molar-refractivity contribution is 6.31. The summed E-state index contributed by atoms with van der Waals surface area (Å²) in [6.07, 6.45) is -0.899. The van der Waals surface area contributed by atoms with E-state index in [9.17, 15) is 9.59 Å². The van der Waals surface area contributed by atoms with Crippen LogP contribution in [0.1, 0.15) is 37.9 Å². The van der Waals surface area contributed by atoms with Crippen molar-refractivity contribution >= 4 is 34.8 Å². The molecule has 33 heavy (non-hydrogen) atoms. The summed E-state index contributed by atoms with van der Waals surface area (Å²) < 4.78 is 0. The third-order valence-electron chi connectivity index (χ3n) is 6.31. The number of rotatable bonds is 3. The van der Waals surface area contributed by atoms with Gasteiger partial charge in [-0.25, -0.2) is 9.96 Å². The Balaban J connectivity index is 1.57. The molecule has 0 aliphatic carbocycles. The molecule has 2 heterocycles. The summed E-state index contributed by atoms with van der Waals surface area (Å²) >= 11 is 6.13. The van der Waals surface area contributed by atoms with Crippen molar-refractivity contribution in [3.05, 3.63) is 95.0 Å². The highest BCUT2D eigenvalue weighted by Crippen LogP contribution is 2.47. The van der Waals surface area contributed by atoms with Crippen LogP contribution in [0.3, 0.4) is 0 Å². The number of halogens is 1. The van der Waals surface area contributed by atoms with Gasteiger partial charge < -0.3 is 0 Å². The maximum atomic E-state index is 13.7. The van der Waals surface area contributed by atoms with E-state index in [0.717, 1.165) is 11.3 Å². The van der Waals surface area contributed by atoms with Crippen molar-refractivity contribution in [2.75, 3.05) is 9.96 Å². The highest BCUT2D eigenvalue weighted by atomic mass is 35.5. The number of amides is 2. The second-order valence-electron chi connectivity index (χ2n) is 9.52. The van der Waals surface area contributed by atoms with Crippen LogP contribution in [0, 0.1) is 5.92 Å². The van der Waals surface area contributed by atoms with Gasteiger partial charge in [-0.2, -0.15) is 0 Å². The van der Waals surface area contributed by atoms with Gasteiger partial charge in [0.2, 0.25) is 5.91 Å². The number of benzene rings is 3. The minimum atomic E-state index is -0.899. The number of nitrogens with zero attached hydrogens (tertiary/aromatic N) is 2. The van der Waals surface area contributed by atoms with E-state index in [4.69, 9.17) is 16.4 Å². The van der Waals surface area contributed by atoms with Gasteiger partial charge >= 0.3 is 0 Å². The van der Waals surface area contributed by atoms with Crippen molar-refractivity contribution in [1.29, 1.82) is 0 Å². The molecule has 6 heteroatoms. The summed E-state index contributed by atoms with van der Waals surface area (Å²) in [5, 5.41) is 2.18. The van der Waals surface area contributed by atoms with Crippen LogP contribution in [-0.2, 0) is 19.8 Å². The number of hydroxylamine groups is 1. The number of hydrogen-bond donors (Lipinski definition) is 0. The van der Waals surface area contributed by atoms with Gasteiger partial charge in [0, 0.05) is 5.02 Å². The maximum Gasteiger partial charge on any atom is 0.266 e. The number of para-hydroxylation sites is 1. The average Bonchev–Trinajstić information content (AvgIpc) is 3.30. The Morgan fingerprint density at radius 2 is 1.48 bits per heavy atom. The summed E-state index contributed by atoms with van der Waals surface area (Å²) in [6.45, 7) is 6.49. The van der Waals surface area contributed by atoms with E-state index in [1.807, 2.05) is 42.5 Å². The van der Waals surface area contributed by atoms with Crippen LogP contribution in [0.15, 0.2) is 78.9 Å². The zero-order valence-electron chi connectivity index (χ0n) is 18.7. The van der Waals surface area contributed by atoms with Crippen LogP contribution < -0.4 is 9.96 Å². The topological polar surface area (TPSA) is 49.9 Å². The molecule has 2 aliphatic heterocycles. The van der Waals surface area contributed by atoms with Crippen LogP contribution in [0.2, 0.25) is 5.02 Å². The minimum Gasteiger partial charge on any atom is -0.273 e. The number of carbonyl (C=O) groups is 2. The summed E-state index contributed by atoms with van der Waals surface area (Å²) in [5.41, 5.74) is 3.39. The standard InChI is InChI=1S/C27H25ClN2O3/c1-27(2,3)18-14-12-17(13-15-18)23-22-24(33-30(23)20-9-5-4-6-10-20)26(32)29(25(22)31)21-11-7-8-19(28)16-21/h4-16,22-24H,1-3H3/t22-,23-,24+/m0/s1. The molecule has 0 N–H and O–H groups in total. The molecular weight excluding hydrogens is 436 g/mol. The predicted octanol–water partition coefficient (Wildman–Crippen LogP) is 5.69. The van der Waals surface area contributed by atoms with Crippen molar-refractivity contribution in [1.82, 2.24) is 0 Å². The second-order valence-corrected chi connectivity index (χ2v) is 9.96. The Hall–Kier alpha value is -3.15. The summed E-state index contributed by atoms with van der Waals surface area (Å²) in [6, 6.07) is 24.2. The Morgan fingerprint density at radius 3 is 2.12 bits per heavy atom. The first kappa shape index (κ1) is 21.7. The molecule has 3 aromatic carbocycles. The lowest BCUT2D eigenvalue weighted by Gasteiger charge is -2.29. The zero-order valence-corrected chi connectivity index (χ0v) is 19.5. The fourth-order valence-corrected chi connectivity index (χ4v) is 4.79. The van der Waals surface area contributed by atoms with E-state index in [-0.39, 0.29) is 17.2 Å². The molecular formula is C27H25ClN2O3. The lowest BCUT2D eigenvalue weighted by molar-refractivity contribution is -0.126. The Bertz CT molecular complexity index is 1200. The lowest BCUT2D eigenvalue weighted by atomic mass is 9.84. The highest BCUT2D eigenvalue weighted by Gasteiger charge is 2.60. The quantitative estimate of drug-likeness (QED) is 0.471. The van der Waals surface area contributed by atoms with E-state index in [1.54, 1.807) is 29.3 Å². The number of fused-ring (bicyclic) bond motifs is 1. The summed E-state index contributed by atoms with van der Waals surface area (Å²) in [7, 11) is 0. The van der Waals surface area contributed by atoms with E-state index >= 15 is 0 Å². The number of carbonyl (C=O) groups excluding carboxylic acids is 2. The Labute approximate surface area is 198 Å². The van der Waals surface area contributed by atoms with Gasteiger partial charge in [-0.15, -0.1) is 0 Å². The zero-order chi connectivity index (χ0) is 23.3. The number of hydrogen-bond acceptors (Lipinski definition) is 4. The molecule has 2 fully saturated rings. The fraction of sp³-hybridized carbons (Fsp3) is 0.259. The molecule has 0 saturated carbocycles. The third-order valence-corrected chi connectivity index (χ3v) is 6.55. The van der Waals surface area contributed by atoms with Gasteiger partial charge in [0.05, 0.1) is 17.4 Å². The van der Waals surface area contributed by atoms with Crippen LogP contribution in [0.5, 0.6) is 0 Å². The van der Waals surface area contributed by atoms with Crippen molar-refractivity contribution in [2.24, 2.45) is 5.92 Å². The Morgan fingerprint density at radius 1 is 0.818 bits per heavy atom. The van der Waals surface area contributed by atoms with Crippen LogP contribution >= 0.6 is 11.6 Å². The number of imide groups is 1. The van der Waals surface area contributed by atoms with Crippen molar-refractivity contribution in [3.63, 3.8) is 0 Å². The van der Waals surface area contributed by atoms with Gasteiger partial charge in [-0.05, 0) is 46.9 Å². The van der Waals surface area contributed by atoms with Gasteiger partial charge in [0.1, 0.15) is 5.92 Å². The summed E-state index contributed by atoms with van der Waals surface area (Å²) in [4.78, 5) is 34.4. The summed E-state index contributed by atoms with van der Waals surface area (Å²) in [5.74, 6) is -1.32. The molecule has 0 radical (unpaired) electrons. The largest absolute Gasteiger partial charge is 0.273 e. The molecule has 0 bridgehead atoms. The normalized spacial score (nSPS) is 22.7. The Kier molecular flexibility index (Phi) is 5.26. The average molecular weight is 461 g/mol. The van der Waals surface area contributed by atoms with E-state index < -0.39 is 18.1 Å². The monoisotopic (exact) mass is 460 g/mol. The molecule has 5 rings (SSSR count). The molecule has 168 valence electrons. The SMILES string of the molecule is CC(C)(C)c1ccc([C@H]2[C@@H]3C(=O)N(c4cccc(Cl)c4)C(=O)[C@@H]3ON2c2ccccc2)cc1. The van der Waals surface area contributed by atoms with Crippen molar-refractivity contribution in [3.8, 4) is 0 Å². The van der Waals surface area contributed by atoms with Crippen molar-refractivity contribution in [2.45, 2.75) is 38.3 Å². The van der Waals surface area contributed by atoms with E-state index in [0.29, 0.717) is 10.7 Å². The maximum absolute atomic E-state index is 13.7. The first-order valence-electron chi connectivity index (χ1n) is 11.0. The third kappa shape index (κ3) is 3.71. The predicted molar refractivity (Wildman–Crippen MR) is 129 cm³/mol. The van der Waals surface area contributed by atoms with Gasteiger partial charge in [0.25, 0.3) is 5.91 Å². The van der Waals surface area contributed by atoms with Gasteiger partial charge in [0.15, 0.2) is 6.10 Å². The van der Waals surface area contributed by atoms with Gasteiger partial charge in [-0.3, -0.25) is 14.4 Å². The van der Waals surface area contributed by atoms with Crippen LogP contribution in [0.25, 0.3) is 0 Å². The van der Waals surface area contributed by atoms with Gasteiger partial charge in [-0.1, -0.05) is 80.9 Å². The molecule has 5 nitrogen and oxygen atoms in total. The number of anilines is 2. The minimum absolute atomic E-state index is 0.00881. The fourth-order valence-electron chi connectivity index (χ4n) is 4.60. The lowest BCUT2D eigenvalue weighted by Crippen LogP contribution is -2.37. The molecule has 0 aromatic heterocycles. The molecule has 2 aliphatic rings. The van der Waals surface area contributed by atoms with Crippen LogP contribution in [0.4, 0.5) is 11.4 Å². The second kappa shape index (κ2) is 8.01. The molecule has 2 saturated heterocycles. The molecule has 3 atom stereocenters. The van der Waals surface area contributed by atoms with Crippen molar-refractivity contribution < 1.29 is 14.4 Å². The smallest absolute Gasteiger partial charge is 0.266 e. The molecule has 0 unspecified atom stereocenters. The molecule has 2 amide bonds. The van der Waals surface area contributed by atoms with Crippen LogP contribution in [-0.4, -0.2) is 17.9 Å². The first-order valence-corrected chi connectivity index (χ1v) is 11.4. The van der Waals surface area contributed by atoms with E-state index in [1.165, 1.54) is 10.5 Å².